The first-order valence-corrected chi connectivity index (χ1v) is 7.50. The normalized spacial score (nSPS) is 10.5. The van der Waals surface area contributed by atoms with Crippen LogP contribution in [0.25, 0.3) is 0 Å². The molecule has 3 N–H and O–H groups in total. The fraction of sp³-hybridized carbons (Fsp3) is 0.154. The van der Waals surface area contributed by atoms with E-state index in [4.69, 9.17) is 17.3 Å². The lowest BCUT2D eigenvalue weighted by atomic mass is 10.1. The van der Waals surface area contributed by atoms with E-state index in [2.05, 4.69) is 21.2 Å². The lowest BCUT2D eigenvalue weighted by Crippen LogP contribution is -2.11. The Morgan fingerprint density at radius 2 is 2.00 bits per heavy atom. The first-order chi connectivity index (χ1) is 8.88. The molecule has 0 saturated carbocycles. The van der Waals surface area contributed by atoms with Crippen LogP contribution >= 0.6 is 38.9 Å². The summed E-state index contributed by atoms with van der Waals surface area (Å²) in [6.45, 7) is 3.82. The molecule has 0 radical (unpaired) electrons. The Labute approximate surface area is 128 Å². The summed E-state index contributed by atoms with van der Waals surface area (Å²) in [5.74, 6) is -0.150. The zero-order valence-corrected chi connectivity index (χ0v) is 13.5. The second-order valence-electron chi connectivity index (χ2n) is 4.21. The van der Waals surface area contributed by atoms with E-state index in [-0.39, 0.29) is 5.91 Å². The third kappa shape index (κ3) is 3.11. The Bertz CT molecular complexity index is 635. The van der Waals surface area contributed by atoms with Crippen molar-refractivity contribution in [3.05, 3.63) is 43.0 Å². The number of rotatable bonds is 2. The molecule has 0 unspecified atom stereocenters. The molecule has 100 valence electrons. The lowest BCUT2D eigenvalue weighted by molar-refractivity contribution is 0.103. The van der Waals surface area contributed by atoms with Gasteiger partial charge in [0.15, 0.2) is 0 Å². The van der Waals surface area contributed by atoms with Crippen molar-refractivity contribution in [2.24, 2.45) is 0 Å². The van der Waals surface area contributed by atoms with Crippen molar-refractivity contribution in [1.82, 2.24) is 0 Å². The standard InChI is InChI=1S/C13H12BrClN2OS/c1-6-3-9(16)8(15)5-10(6)17-13(18)11-4-7(2)12(14)19-11/h3-5H,16H2,1-2H3,(H,17,18). The van der Waals surface area contributed by atoms with Crippen molar-refractivity contribution in [2.75, 3.05) is 11.1 Å². The number of benzene rings is 1. The van der Waals surface area contributed by atoms with Crippen LogP contribution in [0.4, 0.5) is 11.4 Å². The Morgan fingerprint density at radius 3 is 2.58 bits per heavy atom. The van der Waals surface area contributed by atoms with Crippen LogP contribution in [0.1, 0.15) is 20.8 Å². The van der Waals surface area contributed by atoms with E-state index < -0.39 is 0 Å². The first-order valence-electron chi connectivity index (χ1n) is 5.51. The molecule has 2 aromatic rings. The van der Waals surface area contributed by atoms with Crippen LogP contribution in [0.5, 0.6) is 0 Å². The van der Waals surface area contributed by atoms with Crippen molar-refractivity contribution < 1.29 is 4.79 Å². The molecular formula is C13H12BrClN2OS. The maximum absolute atomic E-state index is 12.1. The van der Waals surface area contributed by atoms with Crippen LogP contribution in [0, 0.1) is 13.8 Å². The summed E-state index contributed by atoms with van der Waals surface area (Å²) in [4.78, 5) is 12.8. The zero-order valence-electron chi connectivity index (χ0n) is 10.4. The zero-order chi connectivity index (χ0) is 14.2. The highest BCUT2D eigenvalue weighted by Crippen LogP contribution is 2.30. The summed E-state index contributed by atoms with van der Waals surface area (Å²) < 4.78 is 0.963. The molecule has 0 atom stereocenters. The second-order valence-corrected chi connectivity index (χ2v) is 6.99. The average molecular weight is 360 g/mol. The Morgan fingerprint density at radius 1 is 1.32 bits per heavy atom. The highest BCUT2D eigenvalue weighted by atomic mass is 79.9. The molecule has 1 heterocycles. The van der Waals surface area contributed by atoms with Crippen molar-refractivity contribution in [3.63, 3.8) is 0 Å². The summed E-state index contributed by atoms with van der Waals surface area (Å²) in [5.41, 5.74) is 8.81. The number of thiophene rings is 1. The van der Waals surface area contributed by atoms with Crippen molar-refractivity contribution in [1.29, 1.82) is 0 Å². The van der Waals surface area contributed by atoms with Crippen LogP contribution in [-0.4, -0.2) is 5.91 Å². The van der Waals surface area contributed by atoms with Crippen molar-refractivity contribution >= 4 is 56.1 Å². The minimum atomic E-state index is -0.150. The SMILES string of the molecule is Cc1cc(N)c(Cl)cc1NC(=O)c1cc(C)c(Br)s1. The lowest BCUT2D eigenvalue weighted by Gasteiger charge is -2.09. The van der Waals surface area contributed by atoms with Crippen LogP contribution in [0.2, 0.25) is 5.02 Å². The third-order valence-electron chi connectivity index (χ3n) is 2.67. The van der Waals surface area contributed by atoms with E-state index in [1.54, 1.807) is 12.1 Å². The van der Waals surface area contributed by atoms with Gasteiger partial charge in [-0.2, -0.15) is 0 Å². The number of nitrogen functional groups attached to an aromatic ring is 1. The smallest absolute Gasteiger partial charge is 0.265 e. The van der Waals surface area contributed by atoms with Gasteiger partial charge in [-0.3, -0.25) is 4.79 Å². The van der Waals surface area contributed by atoms with E-state index in [1.807, 2.05) is 19.9 Å². The number of amides is 1. The largest absolute Gasteiger partial charge is 0.398 e. The molecular weight excluding hydrogens is 348 g/mol. The molecule has 3 nitrogen and oxygen atoms in total. The fourth-order valence-corrected chi connectivity index (χ4v) is 3.19. The molecule has 0 aliphatic carbocycles. The number of carbonyl (C=O) groups is 1. The molecule has 1 aromatic heterocycles. The first kappa shape index (κ1) is 14.4. The van der Waals surface area contributed by atoms with Gasteiger partial charge in [-0.1, -0.05) is 11.6 Å². The average Bonchev–Trinajstić information content (AvgIpc) is 2.67. The highest BCUT2D eigenvalue weighted by molar-refractivity contribution is 9.11. The summed E-state index contributed by atoms with van der Waals surface area (Å²) >= 11 is 10.8. The molecule has 0 spiro atoms. The van der Waals surface area contributed by atoms with E-state index in [1.165, 1.54) is 11.3 Å². The molecule has 0 bridgehead atoms. The van der Waals surface area contributed by atoms with E-state index in [0.29, 0.717) is 21.3 Å². The maximum atomic E-state index is 12.1. The van der Waals surface area contributed by atoms with Crippen molar-refractivity contribution in [2.45, 2.75) is 13.8 Å². The molecule has 0 saturated heterocycles. The number of nitrogens with two attached hydrogens (primary N) is 1. The number of anilines is 2. The minimum absolute atomic E-state index is 0.150. The monoisotopic (exact) mass is 358 g/mol. The van der Waals surface area contributed by atoms with Gasteiger partial charge >= 0.3 is 0 Å². The third-order valence-corrected chi connectivity index (χ3v) is 5.14. The van der Waals surface area contributed by atoms with Crippen LogP contribution < -0.4 is 11.1 Å². The molecule has 0 fully saturated rings. The minimum Gasteiger partial charge on any atom is -0.398 e. The summed E-state index contributed by atoms with van der Waals surface area (Å²) in [6, 6.07) is 5.26. The van der Waals surface area contributed by atoms with Crippen LogP contribution in [0.15, 0.2) is 22.0 Å². The number of halogens is 2. The van der Waals surface area contributed by atoms with E-state index in [0.717, 1.165) is 14.9 Å². The van der Waals surface area contributed by atoms with Gasteiger partial charge in [-0.25, -0.2) is 0 Å². The van der Waals surface area contributed by atoms with Gasteiger partial charge < -0.3 is 11.1 Å². The van der Waals surface area contributed by atoms with Crippen LogP contribution in [-0.2, 0) is 0 Å². The second kappa shape index (κ2) is 5.53. The quantitative estimate of drug-likeness (QED) is 0.769. The molecule has 0 aliphatic rings. The molecule has 0 aliphatic heterocycles. The van der Waals surface area contributed by atoms with E-state index >= 15 is 0 Å². The molecule has 19 heavy (non-hydrogen) atoms. The van der Waals surface area contributed by atoms with Gasteiger partial charge in [-0.05, 0) is 59.1 Å². The summed E-state index contributed by atoms with van der Waals surface area (Å²) in [5, 5.41) is 3.28. The van der Waals surface area contributed by atoms with Gasteiger partial charge in [0.05, 0.1) is 19.4 Å². The van der Waals surface area contributed by atoms with Gasteiger partial charge in [0, 0.05) is 5.69 Å². The molecule has 1 aromatic carbocycles. The fourth-order valence-electron chi connectivity index (χ4n) is 1.59. The number of aryl methyl sites for hydroxylation is 2. The van der Waals surface area contributed by atoms with Crippen LogP contribution in [0.3, 0.4) is 0 Å². The molecule has 6 heteroatoms. The summed E-state index contributed by atoms with van der Waals surface area (Å²) in [7, 11) is 0. The number of nitrogens with one attached hydrogen (secondary N) is 1. The Kier molecular flexibility index (Phi) is 4.18. The van der Waals surface area contributed by atoms with Gasteiger partial charge in [-0.15, -0.1) is 11.3 Å². The van der Waals surface area contributed by atoms with Gasteiger partial charge in [0.2, 0.25) is 0 Å². The summed E-state index contributed by atoms with van der Waals surface area (Å²) in [6.07, 6.45) is 0. The highest BCUT2D eigenvalue weighted by Gasteiger charge is 2.13. The molecule has 1 amide bonds. The Hall–Kier alpha value is -1.04. The predicted octanol–water partition coefficient (Wildman–Crippen LogP) is 4.62. The van der Waals surface area contributed by atoms with Crippen molar-refractivity contribution in [3.8, 4) is 0 Å². The maximum Gasteiger partial charge on any atom is 0.265 e. The molecule has 2 rings (SSSR count). The topological polar surface area (TPSA) is 55.1 Å². The number of carbonyl (C=O) groups excluding carboxylic acids is 1. The predicted molar refractivity (Wildman–Crippen MR) is 85.3 cm³/mol. The Balaban J connectivity index is 2.26. The van der Waals surface area contributed by atoms with Gasteiger partial charge in [0.1, 0.15) is 0 Å². The number of hydrogen-bond acceptors (Lipinski definition) is 3. The van der Waals surface area contributed by atoms with E-state index in [9.17, 15) is 4.79 Å². The van der Waals surface area contributed by atoms with Gasteiger partial charge in [0.25, 0.3) is 5.91 Å². The number of hydrogen-bond donors (Lipinski definition) is 2.